The van der Waals surface area contributed by atoms with E-state index in [1.807, 2.05) is 0 Å². The number of sulfonamides is 1. The van der Waals surface area contributed by atoms with Crippen molar-refractivity contribution in [1.82, 2.24) is 9.62 Å². The third-order valence-corrected chi connectivity index (χ3v) is 5.32. The van der Waals surface area contributed by atoms with Crippen LogP contribution < -0.4 is 10.5 Å². The van der Waals surface area contributed by atoms with Crippen LogP contribution in [0.3, 0.4) is 0 Å². The maximum Gasteiger partial charge on any atom is 0.240 e. The lowest BCUT2D eigenvalue weighted by Crippen LogP contribution is -2.49. The lowest BCUT2D eigenvalue weighted by atomic mass is 10.1. The molecule has 1 aromatic rings. The first kappa shape index (κ1) is 17.8. The Morgan fingerprint density at radius 2 is 2.22 bits per heavy atom. The number of hydrogen-bond acceptors (Lipinski definition) is 4. The molecule has 0 radical (unpaired) electrons. The molecule has 0 aliphatic carbocycles. The van der Waals surface area contributed by atoms with Crippen LogP contribution in [0.2, 0.25) is 0 Å². The molecule has 1 saturated heterocycles. The zero-order chi connectivity index (χ0) is 16.9. The van der Waals surface area contributed by atoms with Gasteiger partial charge in [0.05, 0.1) is 4.90 Å². The maximum atomic E-state index is 13.2. The summed E-state index contributed by atoms with van der Waals surface area (Å²) in [6, 6.07) is 4.51. The van der Waals surface area contributed by atoms with Crippen molar-refractivity contribution in [3.05, 3.63) is 30.1 Å². The van der Waals surface area contributed by atoms with E-state index < -0.39 is 15.8 Å². The van der Waals surface area contributed by atoms with Crippen LogP contribution in [0.1, 0.15) is 25.7 Å². The first-order valence-corrected chi connectivity index (χ1v) is 9.16. The predicted molar refractivity (Wildman–Crippen MR) is 84.6 cm³/mol. The summed E-state index contributed by atoms with van der Waals surface area (Å²) in [5, 5.41) is 0. The van der Waals surface area contributed by atoms with Crippen molar-refractivity contribution in [3.63, 3.8) is 0 Å². The predicted octanol–water partition coefficient (Wildman–Crippen LogP) is 0.834. The summed E-state index contributed by atoms with van der Waals surface area (Å²) >= 11 is 0. The Labute approximate surface area is 135 Å². The minimum atomic E-state index is -3.80. The van der Waals surface area contributed by atoms with Crippen molar-refractivity contribution < 1.29 is 17.6 Å². The zero-order valence-electron chi connectivity index (χ0n) is 12.9. The molecule has 0 spiro atoms. The smallest absolute Gasteiger partial charge is 0.240 e. The van der Waals surface area contributed by atoms with Gasteiger partial charge in [-0.15, -0.1) is 0 Å². The Morgan fingerprint density at radius 1 is 1.43 bits per heavy atom. The minimum absolute atomic E-state index is 0.00916. The Balaban J connectivity index is 2.00. The van der Waals surface area contributed by atoms with Gasteiger partial charge in [0.25, 0.3) is 0 Å². The second-order valence-electron chi connectivity index (χ2n) is 5.65. The van der Waals surface area contributed by atoms with E-state index in [4.69, 9.17) is 5.73 Å². The van der Waals surface area contributed by atoms with Gasteiger partial charge in [-0.25, -0.2) is 17.5 Å². The first-order chi connectivity index (χ1) is 10.9. The molecular weight excluding hydrogens is 321 g/mol. The zero-order valence-corrected chi connectivity index (χ0v) is 13.7. The van der Waals surface area contributed by atoms with Gasteiger partial charge in [0, 0.05) is 25.6 Å². The average molecular weight is 343 g/mol. The standard InChI is InChI=1S/C15H22FN3O3S/c16-12-4-1-6-14(10-12)23(21,22)18-13-5-3-9-19(11-13)15(20)7-2-8-17/h1,4,6,10,13,18H,2-3,5,7-9,11,17H2. The van der Waals surface area contributed by atoms with Gasteiger partial charge in [-0.1, -0.05) is 6.07 Å². The third kappa shape index (κ3) is 4.98. The monoisotopic (exact) mass is 343 g/mol. The van der Waals surface area contributed by atoms with Crippen molar-refractivity contribution in [2.24, 2.45) is 5.73 Å². The molecule has 1 aromatic carbocycles. The molecule has 1 aliphatic heterocycles. The van der Waals surface area contributed by atoms with Crippen molar-refractivity contribution >= 4 is 15.9 Å². The number of nitrogens with zero attached hydrogens (tertiary/aromatic N) is 1. The molecule has 2 rings (SSSR count). The number of nitrogens with one attached hydrogen (secondary N) is 1. The molecule has 128 valence electrons. The highest BCUT2D eigenvalue weighted by molar-refractivity contribution is 7.89. The van der Waals surface area contributed by atoms with E-state index in [-0.39, 0.29) is 16.8 Å². The van der Waals surface area contributed by atoms with Crippen molar-refractivity contribution in [1.29, 1.82) is 0 Å². The number of amides is 1. The largest absolute Gasteiger partial charge is 0.341 e. The summed E-state index contributed by atoms with van der Waals surface area (Å²) < 4.78 is 40.4. The number of hydrogen-bond donors (Lipinski definition) is 2. The molecule has 0 saturated carbocycles. The van der Waals surface area contributed by atoms with Crippen molar-refractivity contribution in [2.75, 3.05) is 19.6 Å². The maximum absolute atomic E-state index is 13.2. The van der Waals surface area contributed by atoms with Crippen LogP contribution in [-0.2, 0) is 14.8 Å². The van der Waals surface area contributed by atoms with Crippen LogP contribution in [-0.4, -0.2) is 44.9 Å². The molecule has 23 heavy (non-hydrogen) atoms. The lowest BCUT2D eigenvalue weighted by molar-refractivity contribution is -0.132. The molecule has 1 heterocycles. The minimum Gasteiger partial charge on any atom is -0.341 e. The van der Waals surface area contributed by atoms with Gasteiger partial charge in [0.2, 0.25) is 15.9 Å². The molecule has 1 atom stereocenters. The lowest BCUT2D eigenvalue weighted by Gasteiger charge is -2.33. The van der Waals surface area contributed by atoms with Gasteiger partial charge >= 0.3 is 0 Å². The number of piperidine rings is 1. The Hall–Kier alpha value is -1.51. The number of carbonyl (C=O) groups excluding carboxylic acids is 1. The highest BCUT2D eigenvalue weighted by atomic mass is 32.2. The van der Waals surface area contributed by atoms with Gasteiger partial charge in [-0.2, -0.15) is 0 Å². The van der Waals surface area contributed by atoms with E-state index in [0.29, 0.717) is 38.9 Å². The molecule has 1 fully saturated rings. The first-order valence-electron chi connectivity index (χ1n) is 7.68. The highest BCUT2D eigenvalue weighted by Gasteiger charge is 2.27. The summed E-state index contributed by atoms with van der Waals surface area (Å²) in [6.07, 6.45) is 2.37. The van der Waals surface area contributed by atoms with Gasteiger partial charge in [0.1, 0.15) is 5.82 Å². The number of benzene rings is 1. The van der Waals surface area contributed by atoms with E-state index in [1.165, 1.54) is 18.2 Å². The fourth-order valence-electron chi connectivity index (χ4n) is 2.63. The number of halogens is 1. The Kier molecular flexibility index (Phi) is 6.09. The van der Waals surface area contributed by atoms with Gasteiger partial charge in [0.15, 0.2) is 0 Å². The van der Waals surface area contributed by atoms with Gasteiger partial charge in [-0.3, -0.25) is 4.79 Å². The molecule has 0 aromatic heterocycles. The SMILES string of the molecule is NCCCC(=O)N1CCCC(NS(=O)(=O)c2cccc(F)c2)C1. The molecule has 0 bridgehead atoms. The van der Waals surface area contributed by atoms with Crippen molar-refractivity contribution in [3.8, 4) is 0 Å². The van der Waals surface area contributed by atoms with Gasteiger partial charge in [-0.05, 0) is 44.0 Å². The van der Waals surface area contributed by atoms with E-state index in [0.717, 1.165) is 12.5 Å². The normalized spacial score (nSPS) is 18.9. The van der Waals surface area contributed by atoms with Crippen molar-refractivity contribution in [2.45, 2.75) is 36.6 Å². The van der Waals surface area contributed by atoms with Crippen LogP contribution in [0.4, 0.5) is 4.39 Å². The topological polar surface area (TPSA) is 92.5 Å². The summed E-state index contributed by atoms with van der Waals surface area (Å²) in [5.74, 6) is -0.611. The summed E-state index contributed by atoms with van der Waals surface area (Å²) in [7, 11) is -3.80. The molecule has 6 nitrogen and oxygen atoms in total. The molecule has 8 heteroatoms. The summed E-state index contributed by atoms with van der Waals surface area (Å²) in [4.78, 5) is 13.6. The van der Waals surface area contributed by atoms with E-state index >= 15 is 0 Å². The fourth-order valence-corrected chi connectivity index (χ4v) is 3.93. The quantitative estimate of drug-likeness (QED) is 0.800. The van der Waals surface area contributed by atoms with Crippen LogP contribution in [0.15, 0.2) is 29.2 Å². The van der Waals surface area contributed by atoms with Crippen LogP contribution in [0.25, 0.3) is 0 Å². The average Bonchev–Trinajstić information content (AvgIpc) is 2.52. The number of likely N-dealkylation sites (tertiary alicyclic amines) is 1. The number of carbonyl (C=O) groups is 1. The van der Waals surface area contributed by atoms with Crippen LogP contribution in [0.5, 0.6) is 0 Å². The number of nitrogens with two attached hydrogens (primary N) is 1. The molecule has 1 unspecified atom stereocenters. The molecule has 1 amide bonds. The highest BCUT2D eigenvalue weighted by Crippen LogP contribution is 2.16. The second-order valence-corrected chi connectivity index (χ2v) is 7.36. The van der Waals surface area contributed by atoms with Crippen LogP contribution >= 0.6 is 0 Å². The Morgan fingerprint density at radius 3 is 2.91 bits per heavy atom. The molecule has 1 aliphatic rings. The van der Waals surface area contributed by atoms with E-state index in [9.17, 15) is 17.6 Å². The van der Waals surface area contributed by atoms with E-state index in [1.54, 1.807) is 4.90 Å². The third-order valence-electron chi connectivity index (χ3n) is 3.80. The second kappa shape index (κ2) is 7.85. The van der Waals surface area contributed by atoms with Crippen LogP contribution in [0, 0.1) is 5.82 Å². The summed E-state index contributed by atoms with van der Waals surface area (Å²) in [6.45, 7) is 1.41. The summed E-state index contributed by atoms with van der Waals surface area (Å²) in [5.41, 5.74) is 5.40. The Bertz CT molecular complexity index is 651. The van der Waals surface area contributed by atoms with E-state index in [2.05, 4.69) is 4.72 Å². The number of rotatable bonds is 6. The molecular formula is C15H22FN3O3S. The molecule has 3 N–H and O–H groups in total. The van der Waals surface area contributed by atoms with Gasteiger partial charge < -0.3 is 10.6 Å². The fraction of sp³-hybridized carbons (Fsp3) is 0.533.